The molecule has 0 aromatic heterocycles. The Kier molecular flexibility index (Phi) is 6.87. The predicted octanol–water partition coefficient (Wildman–Crippen LogP) is 2.46. The van der Waals surface area contributed by atoms with Crippen molar-refractivity contribution in [2.75, 3.05) is 13.7 Å². The van der Waals surface area contributed by atoms with Crippen LogP contribution in [0.4, 0.5) is 0 Å². The van der Waals surface area contributed by atoms with Crippen molar-refractivity contribution in [1.82, 2.24) is 10.6 Å². The summed E-state index contributed by atoms with van der Waals surface area (Å²) in [5.74, 6) is 0.622. The highest BCUT2D eigenvalue weighted by atomic mass is 79.9. The van der Waals surface area contributed by atoms with E-state index in [1.165, 1.54) is 0 Å². The molecule has 106 valence electrons. The van der Waals surface area contributed by atoms with E-state index in [1.54, 1.807) is 0 Å². The molecular formula is C14H21BrN2O2. The highest BCUT2D eigenvalue weighted by Crippen LogP contribution is 2.28. The lowest BCUT2D eigenvalue weighted by atomic mass is 10.2. The Labute approximate surface area is 123 Å². The first-order valence-corrected chi connectivity index (χ1v) is 7.21. The number of benzene rings is 1. The summed E-state index contributed by atoms with van der Waals surface area (Å²) in [6, 6.07) is 6.00. The number of carbonyl (C=O) groups is 1. The summed E-state index contributed by atoms with van der Waals surface area (Å²) in [4.78, 5) is 11.7. The summed E-state index contributed by atoms with van der Waals surface area (Å²) in [5.41, 5.74) is 1.02. The van der Waals surface area contributed by atoms with Gasteiger partial charge in [-0.2, -0.15) is 0 Å². The summed E-state index contributed by atoms with van der Waals surface area (Å²) in [6.07, 6.45) is 0.909. The van der Waals surface area contributed by atoms with E-state index in [4.69, 9.17) is 4.74 Å². The molecule has 0 saturated heterocycles. The number of para-hydroxylation sites is 1. The molecule has 0 bridgehead atoms. The van der Waals surface area contributed by atoms with Crippen LogP contribution in [0.2, 0.25) is 0 Å². The van der Waals surface area contributed by atoms with Crippen molar-refractivity contribution < 1.29 is 9.53 Å². The Balaban J connectivity index is 2.64. The molecular weight excluding hydrogens is 308 g/mol. The van der Waals surface area contributed by atoms with E-state index in [9.17, 15) is 4.79 Å². The Morgan fingerprint density at radius 3 is 2.84 bits per heavy atom. The second-order valence-corrected chi connectivity index (χ2v) is 5.28. The number of amides is 1. The third-order valence-corrected chi connectivity index (χ3v) is 3.41. The second-order valence-electron chi connectivity index (χ2n) is 4.42. The molecule has 1 rings (SSSR count). The van der Waals surface area contributed by atoms with Gasteiger partial charge in [0.15, 0.2) is 6.61 Å². The molecule has 1 unspecified atom stereocenters. The fourth-order valence-electron chi connectivity index (χ4n) is 1.60. The maximum Gasteiger partial charge on any atom is 0.258 e. The van der Waals surface area contributed by atoms with Gasteiger partial charge in [-0.05, 0) is 42.4 Å². The quantitative estimate of drug-likeness (QED) is 0.808. The van der Waals surface area contributed by atoms with Crippen molar-refractivity contribution in [1.29, 1.82) is 0 Å². The fraction of sp³-hybridized carbons (Fsp3) is 0.500. The zero-order valence-electron chi connectivity index (χ0n) is 11.6. The van der Waals surface area contributed by atoms with Crippen molar-refractivity contribution in [3.63, 3.8) is 0 Å². The topological polar surface area (TPSA) is 50.4 Å². The molecule has 1 aromatic rings. The molecule has 0 aliphatic carbocycles. The van der Waals surface area contributed by atoms with Crippen LogP contribution in [-0.4, -0.2) is 25.6 Å². The molecule has 1 atom stereocenters. The van der Waals surface area contributed by atoms with E-state index in [1.807, 2.05) is 39.1 Å². The van der Waals surface area contributed by atoms with Gasteiger partial charge in [0.1, 0.15) is 5.75 Å². The molecule has 0 radical (unpaired) electrons. The van der Waals surface area contributed by atoms with Crippen LogP contribution in [0.15, 0.2) is 22.7 Å². The molecule has 5 heteroatoms. The highest BCUT2D eigenvalue weighted by Gasteiger charge is 2.11. The molecule has 4 nitrogen and oxygen atoms in total. The number of ether oxygens (including phenoxy) is 1. The van der Waals surface area contributed by atoms with Gasteiger partial charge in [0.25, 0.3) is 5.91 Å². The molecule has 1 amide bonds. The predicted molar refractivity (Wildman–Crippen MR) is 80.3 cm³/mol. The van der Waals surface area contributed by atoms with Crippen LogP contribution >= 0.6 is 15.9 Å². The summed E-state index contributed by atoms with van der Waals surface area (Å²) in [7, 11) is 1.88. The van der Waals surface area contributed by atoms with E-state index in [0.29, 0.717) is 6.54 Å². The van der Waals surface area contributed by atoms with Gasteiger partial charge in [-0.1, -0.05) is 19.1 Å². The van der Waals surface area contributed by atoms with Crippen LogP contribution in [-0.2, 0) is 11.3 Å². The first-order valence-electron chi connectivity index (χ1n) is 6.42. The molecule has 19 heavy (non-hydrogen) atoms. The zero-order chi connectivity index (χ0) is 14.3. The second kappa shape index (κ2) is 8.17. The van der Waals surface area contributed by atoms with Crippen LogP contribution in [0.1, 0.15) is 25.8 Å². The van der Waals surface area contributed by atoms with Crippen molar-refractivity contribution in [3.05, 3.63) is 28.2 Å². The zero-order valence-corrected chi connectivity index (χ0v) is 13.2. The van der Waals surface area contributed by atoms with Crippen LogP contribution in [0.25, 0.3) is 0 Å². The first-order chi connectivity index (χ1) is 9.08. The summed E-state index contributed by atoms with van der Waals surface area (Å²) in [5, 5.41) is 5.96. The lowest BCUT2D eigenvalue weighted by Crippen LogP contribution is -2.35. The van der Waals surface area contributed by atoms with Gasteiger partial charge in [-0.3, -0.25) is 4.79 Å². The largest absolute Gasteiger partial charge is 0.482 e. The number of nitrogens with one attached hydrogen (secondary N) is 2. The average Bonchev–Trinajstić information content (AvgIpc) is 2.38. The van der Waals surface area contributed by atoms with Crippen molar-refractivity contribution >= 4 is 21.8 Å². The number of hydrogen-bond donors (Lipinski definition) is 2. The molecule has 0 aliphatic heterocycles. The van der Waals surface area contributed by atoms with Gasteiger partial charge >= 0.3 is 0 Å². The Bertz CT molecular complexity index is 424. The van der Waals surface area contributed by atoms with Gasteiger partial charge in [-0.15, -0.1) is 0 Å². The number of carbonyl (C=O) groups excluding carboxylic acids is 1. The minimum atomic E-state index is -0.0967. The van der Waals surface area contributed by atoms with Gasteiger partial charge in [0.2, 0.25) is 0 Å². The number of hydrogen-bond acceptors (Lipinski definition) is 3. The number of rotatable bonds is 7. The average molecular weight is 329 g/mol. The van der Waals surface area contributed by atoms with E-state index in [-0.39, 0.29) is 18.6 Å². The maximum atomic E-state index is 11.7. The molecule has 1 aromatic carbocycles. The molecule has 0 aliphatic rings. The van der Waals surface area contributed by atoms with E-state index in [0.717, 1.165) is 22.2 Å². The lowest BCUT2D eigenvalue weighted by molar-refractivity contribution is -0.123. The maximum absolute atomic E-state index is 11.7. The highest BCUT2D eigenvalue weighted by molar-refractivity contribution is 9.10. The van der Waals surface area contributed by atoms with E-state index in [2.05, 4.69) is 26.6 Å². The van der Waals surface area contributed by atoms with Gasteiger partial charge in [0.05, 0.1) is 4.47 Å². The Morgan fingerprint density at radius 2 is 2.21 bits per heavy atom. The normalized spacial score (nSPS) is 12.0. The lowest BCUT2D eigenvalue weighted by Gasteiger charge is -2.15. The smallest absolute Gasteiger partial charge is 0.258 e. The third kappa shape index (κ3) is 5.20. The summed E-state index contributed by atoms with van der Waals surface area (Å²) >= 11 is 3.45. The minimum Gasteiger partial charge on any atom is -0.482 e. The fourth-order valence-corrected chi connectivity index (χ4v) is 2.12. The van der Waals surface area contributed by atoms with Gasteiger partial charge in [0, 0.05) is 18.2 Å². The molecule has 0 spiro atoms. The van der Waals surface area contributed by atoms with E-state index < -0.39 is 0 Å². The van der Waals surface area contributed by atoms with Crippen LogP contribution in [0.3, 0.4) is 0 Å². The number of halogens is 1. The minimum absolute atomic E-state index is 0.0314. The van der Waals surface area contributed by atoms with Crippen molar-refractivity contribution in [2.45, 2.75) is 32.9 Å². The molecule has 0 saturated carbocycles. The van der Waals surface area contributed by atoms with Crippen LogP contribution in [0, 0.1) is 0 Å². The SMILES string of the molecule is CCC(C)NC(=O)COc1c(Br)cccc1CNC. The van der Waals surface area contributed by atoms with Crippen LogP contribution in [0.5, 0.6) is 5.75 Å². The Hall–Kier alpha value is -1.07. The molecule has 0 fully saturated rings. The molecule has 0 heterocycles. The van der Waals surface area contributed by atoms with E-state index >= 15 is 0 Å². The molecule has 2 N–H and O–H groups in total. The summed E-state index contributed by atoms with van der Waals surface area (Å²) < 4.78 is 6.49. The third-order valence-electron chi connectivity index (χ3n) is 2.78. The van der Waals surface area contributed by atoms with Crippen molar-refractivity contribution in [2.24, 2.45) is 0 Å². The van der Waals surface area contributed by atoms with Crippen molar-refractivity contribution in [3.8, 4) is 5.75 Å². The van der Waals surface area contributed by atoms with Crippen LogP contribution < -0.4 is 15.4 Å². The van der Waals surface area contributed by atoms with Gasteiger partial charge in [-0.25, -0.2) is 0 Å². The standard InChI is InChI=1S/C14H21BrN2O2/c1-4-10(2)17-13(18)9-19-14-11(8-16-3)6-5-7-12(14)15/h5-7,10,16H,4,8-9H2,1-3H3,(H,17,18). The summed E-state index contributed by atoms with van der Waals surface area (Å²) in [6.45, 7) is 4.73. The van der Waals surface area contributed by atoms with Gasteiger partial charge < -0.3 is 15.4 Å². The monoisotopic (exact) mass is 328 g/mol. The Morgan fingerprint density at radius 1 is 1.47 bits per heavy atom. The first kappa shape index (κ1) is 16.0.